The SMILES string of the molecule is CC(C)(C)CCOC(=O)CNc1ccc(Cl)cc1. The van der Waals surface area contributed by atoms with Crippen molar-refractivity contribution in [2.45, 2.75) is 27.2 Å². The molecule has 1 aromatic carbocycles. The molecule has 0 saturated heterocycles. The normalized spacial score (nSPS) is 11.1. The summed E-state index contributed by atoms with van der Waals surface area (Å²) >= 11 is 5.77. The van der Waals surface area contributed by atoms with Crippen LogP contribution in [-0.2, 0) is 9.53 Å². The van der Waals surface area contributed by atoms with Gasteiger partial charge in [0.1, 0.15) is 6.54 Å². The molecule has 3 nitrogen and oxygen atoms in total. The molecule has 0 aliphatic rings. The molecule has 1 rings (SSSR count). The number of ether oxygens (including phenoxy) is 1. The molecule has 1 aromatic rings. The lowest BCUT2D eigenvalue weighted by atomic mass is 9.93. The van der Waals surface area contributed by atoms with E-state index in [-0.39, 0.29) is 17.9 Å². The number of benzene rings is 1. The maximum Gasteiger partial charge on any atom is 0.325 e. The zero-order valence-electron chi connectivity index (χ0n) is 11.1. The molecule has 4 heteroatoms. The van der Waals surface area contributed by atoms with Gasteiger partial charge < -0.3 is 10.1 Å². The first-order valence-corrected chi connectivity index (χ1v) is 6.40. The first kappa shape index (κ1) is 14.8. The number of hydrogen-bond acceptors (Lipinski definition) is 3. The minimum Gasteiger partial charge on any atom is -0.464 e. The Bertz CT molecular complexity index is 382. The van der Waals surface area contributed by atoms with E-state index in [2.05, 4.69) is 26.1 Å². The first-order chi connectivity index (χ1) is 8.37. The second-order valence-electron chi connectivity index (χ2n) is 5.39. The average molecular weight is 270 g/mol. The molecule has 0 saturated carbocycles. The molecule has 0 unspecified atom stereocenters. The molecular weight excluding hydrogens is 250 g/mol. The third kappa shape index (κ3) is 6.50. The van der Waals surface area contributed by atoms with Gasteiger partial charge in [-0.3, -0.25) is 4.79 Å². The number of carbonyl (C=O) groups excluding carboxylic acids is 1. The molecule has 0 aliphatic heterocycles. The quantitative estimate of drug-likeness (QED) is 0.828. The van der Waals surface area contributed by atoms with Crippen LogP contribution in [0.3, 0.4) is 0 Å². The van der Waals surface area contributed by atoms with Gasteiger partial charge >= 0.3 is 5.97 Å². The third-order valence-corrected chi connectivity index (χ3v) is 2.65. The molecule has 0 fully saturated rings. The topological polar surface area (TPSA) is 38.3 Å². The minimum absolute atomic E-state index is 0.172. The van der Waals surface area contributed by atoms with Crippen LogP contribution in [0, 0.1) is 5.41 Å². The Balaban J connectivity index is 2.23. The molecule has 0 bridgehead atoms. The Morgan fingerprint density at radius 3 is 2.44 bits per heavy atom. The van der Waals surface area contributed by atoms with Gasteiger partial charge in [-0.15, -0.1) is 0 Å². The summed E-state index contributed by atoms with van der Waals surface area (Å²) in [6, 6.07) is 7.19. The molecule has 0 spiro atoms. The monoisotopic (exact) mass is 269 g/mol. The summed E-state index contributed by atoms with van der Waals surface area (Å²) in [5.74, 6) is -0.241. The predicted octanol–water partition coefficient (Wildman–Crippen LogP) is 3.73. The van der Waals surface area contributed by atoms with Crippen LogP contribution in [0.2, 0.25) is 5.02 Å². The van der Waals surface area contributed by atoms with Gasteiger partial charge in [0.2, 0.25) is 0 Å². The number of anilines is 1. The molecule has 0 amide bonds. The van der Waals surface area contributed by atoms with Crippen LogP contribution in [0.1, 0.15) is 27.2 Å². The number of esters is 1. The summed E-state index contributed by atoms with van der Waals surface area (Å²) in [6.07, 6.45) is 0.861. The molecule has 18 heavy (non-hydrogen) atoms. The second kappa shape index (κ2) is 6.64. The predicted molar refractivity (Wildman–Crippen MR) is 75.0 cm³/mol. The Labute approximate surface area is 113 Å². The van der Waals surface area contributed by atoms with E-state index in [1.807, 2.05) is 12.1 Å². The Morgan fingerprint density at radius 2 is 1.89 bits per heavy atom. The van der Waals surface area contributed by atoms with Crippen LogP contribution in [0.4, 0.5) is 5.69 Å². The summed E-state index contributed by atoms with van der Waals surface area (Å²) in [7, 11) is 0. The van der Waals surface area contributed by atoms with Crippen LogP contribution in [-0.4, -0.2) is 19.1 Å². The highest BCUT2D eigenvalue weighted by Crippen LogP contribution is 2.18. The highest BCUT2D eigenvalue weighted by atomic mass is 35.5. The molecule has 0 atom stereocenters. The zero-order valence-corrected chi connectivity index (χ0v) is 11.9. The fraction of sp³-hybridized carbons (Fsp3) is 0.500. The number of nitrogens with one attached hydrogen (secondary N) is 1. The lowest BCUT2D eigenvalue weighted by molar-refractivity contribution is -0.142. The van der Waals surface area contributed by atoms with Crippen molar-refractivity contribution in [2.24, 2.45) is 5.41 Å². The van der Waals surface area contributed by atoms with Crippen LogP contribution < -0.4 is 5.32 Å². The number of carbonyl (C=O) groups is 1. The highest BCUT2D eigenvalue weighted by Gasteiger charge is 2.11. The Hall–Kier alpha value is -1.22. The van der Waals surface area contributed by atoms with Crippen molar-refractivity contribution < 1.29 is 9.53 Å². The van der Waals surface area contributed by atoms with Gasteiger partial charge in [0.05, 0.1) is 6.61 Å². The van der Waals surface area contributed by atoms with Gasteiger partial charge in [-0.2, -0.15) is 0 Å². The fourth-order valence-corrected chi connectivity index (χ4v) is 1.39. The van der Waals surface area contributed by atoms with E-state index in [1.165, 1.54) is 0 Å². The van der Waals surface area contributed by atoms with E-state index in [4.69, 9.17) is 16.3 Å². The maximum atomic E-state index is 11.5. The number of hydrogen-bond donors (Lipinski definition) is 1. The molecule has 0 aliphatic carbocycles. The summed E-state index contributed by atoms with van der Waals surface area (Å²) in [6.45, 7) is 6.99. The lowest BCUT2D eigenvalue weighted by Gasteiger charge is -2.17. The van der Waals surface area contributed by atoms with Crippen molar-refractivity contribution in [3.8, 4) is 0 Å². The standard InChI is InChI=1S/C14H20ClNO2/c1-14(2,3)8-9-18-13(17)10-16-12-6-4-11(15)5-7-12/h4-7,16H,8-10H2,1-3H3. The van der Waals surface area contributed by atoms with Gasteiger partial charge in [0.15, 0.2) is 0 Å². The molecule has 0 heterocycles. The fourth-order valence-electron chi connectivity index (χ4n) is 1.26. The van der Waals surface area contributed by atoms with Gasteiger partial charge in [0, 0.05) is 10.7 Å². The van der Waals surface area contributed by atoms with Crippen LogP contribution >= 0.6 is 11.6 Å². The number of rotatable bonds is 5. The summed E-state index contributed by atoms with van der Waals surface area (Å²) in [5, 5.41) is 3.66. The van der Waals surface area contributed by atoms with Crippen molar-refractivity contribution in [2.75, 3.05) is 18.5 Å². The van der Waals surface area contributed by atoms with E-state index in [0.29, 0.717) is 11.6 Å². The van der Waals surface area contributed by atoms with Gasteiger partial charge in [-0.25, -0.2) is 0 Å². The van der Waals surface area contributed by atoms with E-state index >= 15 is 0 Å². The maximum absolute atomic E-state index is 11.5. The van der Waals surface area contributed by atoms with E-state index in [9.17, 15) is 4.79 Å². The molecule has 100 valence electrons. The molecule has 0 radical (unpaired) electrons. The third-order valence-electron chi connectivity index (χ3n) is 2.40. The second-order valence-corrected chi connectivity index (χ2v) is 5.83. The van der Waals surface area contributed by atoms with Crippen molar-refractivity contribution in [3.63, 3.8) is 0 Å². The zero-order chi connectivity index (χ0) is 13.6. The largest absolute Gasteiger partial charge is 0.464 e. The summed E-state index contributed by atoms with van der Waals surface area (Å²) in [5.41, 5.74) is 1.04. The van der Waals surface area contributed by atoms with Gasteiger partial charge in [-0.05, 0) is 36.1 Å². The summed E-state index contributed by atoms with van der Waals surface area (Å²) in [4.78, 5) is 11.5. The highest BCUT2D eigenvalue weighted by molar-refractivity contribution is 6.30. The minimum atomic E-state index is -0.241. The number of halogens is 1. The van der Waals surface area contributed by atoms with E-state index < -0.39 is 0 Å². The van der Waals surface area contributed by atoms with Crippen molar-refractivity contribution in [1.29, 1.82) is 0 Å². The van der Waals surface area contributed by atoms with Crippen molar-refractivity contribution >= 4 is 23.3 Å². The van der Waals surface area contributed by atoms with Crippen LogP contribution in [0.15, 0.2) is 24.3 Å². The Morgan fingerprint density at radius 1 is 1.28 bits per heavy atom. The molecule has 1 N–H and O–H groups in total. The van der Waals surface area contributed by atoms with Crippen molar-refractivity contribution in [3.05, 3.63) is 29.3 Å². The lowest BCUT2D eigenvalue weighted by Crippen LogP contribution is -2.19. The van der Waals surface area contributed by atoms with Gasteiger partial charge in [-0.1, -0.05) is 32.4 Å². The van der Waals surface area contributed by atoms with Crippen LogP contribution in [0.5, 0.6) is 0 Å². The summed E-state index contributed by atoms with van der Waals surface area (Å²) < 4.78 is 5.14. The van der Waals surface area contributed by atoms with E-state index in [1.54, 1.807) is 12.1 Å². The Kier molecular flexibility index (Phi) is 5.48. The van der Waals surface area contributed by atoms with Crippen LogP contribution in [0.25, 0.3) is 0 Å². The first-order valence-electron chi connectivity index (χ1n) is 6.02. The molecule has 0 aromatic heterocycles. The van der Waals surface area contributed by atoms with Gasteiger partial charge in [0.25, 0.3) is 0 Å². The van der Waals surface area contributed by atoms with E-state index in [0.717, 1.165) is 12.1 Å². The smallest absolute Gasteiger partial charge is 0.325 e. The molecular formula is C14H20ClNO2. The van der Waals surface area contributed by atoms with Crippen molar-refractivity contribution in [1.82, 2.24) is 0 Å². The average Bonchev–Trinajstić information content (AvgIpc) is 2.26.